The summed E-state index contributed by atoms with van der Waals surface area (Å²) >= 11 is 0. The van der Waals surface area contributed by atoms with Crippen molar-refractivity contribution in [3.8, 4) is 11.8 Å². The number of hydrogen-bond donors (Lipinski definition) is 2. The van der Waals surface area contributed by atoms with Crippen LogP contribution in [-0.2, 0) is 0 Å². The first-order valence-electron chi connectivity index (χ1n) is 6.25. The Balaban J connectivity index is 2.20. The van der Waals surface area contributed by atoms with Gasteiger partial charge in [-0.15, -0.1) is 0 Å². The molecule has 0 bridgehead atoms. The van der Waals surface area contributed by atoms with Crippen molar-refractivity contribution >= 4 is 11.8 Å². The maximum Gasteiger partial charge on any atom is 0.258 e. The molecule has 0 spiro atoms. The van der Waals surface area contributed by atoms with E-state index in [2.05, 4.69) is 22.3 Å². The van der Waals surface area contributed by atoms with Gasteiger partial charge in [-0.2, -0.15) is 0 Å². The van der Waals surface area contributed by atoms with Crippen molar-refractivity contribution in [1.82, 2.24) is 5.16 Å². The molecule has 6 heteroatoms. The normalized spacial score (nSPS) is 9.90. The van der Waals surface area contributed by atoms with Crippen molar-refractivity contribution in [2.45, 2.75) is 13.8 Å². The number of benzene rings is 1. The van der Waals surface area contributed by atoms with Gasteiger partial charge in [0.05, 0.1) is 17.8 Å². The first-order chi connectivity index (χ1) is 10.0. The molecule has 21 heavy (non-hydrogen) atoms. The zero-order chi connectivity index (χ0) is 15.4. The van der Waals surface area contributed by atoms with Gasteiger partial charge >= 0.3 is 0 Å². The molecule has 2 aromatic rings. The molecule has 0 atom stereocenters. The highest BCUT2D eigenvalue weighted by molar-refractivity contribution is 6.03. The molecule has 0 fully saturated rings. The number of hydrogen-bond acceptors (Lipinski definition) is 4. The van der Waals surface area contributed by atoms with Crippen molar-refractivity contribution in [2.24, 2.45) is 5.73 Å². The van der Waals surface area contributed by atoms with Crippen LogP contribution >= 0.6 is 0 Å². The number of carbonyl (C=O) groups is 1. The van der Waals surface area contributed by atoms with Crippen LogP contribution in [0.5, 0.6) is 0 Å². The molecular formula is C15H14FN3O2. The average molecular weight is 287 g/mol. The van der Waals surface area contributed by atoms with E-state index in [-0.39, 0.29) is 23.6 Å². The van der Waals surface area contributed by atoms with E-state index in [1.165, 1.54) is 12.1 Å². The topological polar surface area (TPSA) is 81.2 Å². The molecule has 1 heterocycles. The molecule has 0 aliphatic heterocycles. The second-order valence-corrected chi connectivity index (χ2v) is 4.38. The number of nitrogens with zero attached hydrogens (tertiary/aromatic N) is 1. The van der Waals surface area contributed by atoms with Crippen molar-refractivity contribution in [3.05, 3.63) is 46.4 Å². The fourth-order valence-electron chi connectivity index (χ4n) is 1.61. The molecule has 2 rings (SSSR count). The Labute approximate surface area is 121 Å². The lowest BCUT2D eigenvalue weighted by molar-refractivity contribution is 0.102. The summed E-state index contributed by atoms with van der Waals surface area (Å²) in [6.07, 6.45) is 0. The maximum atomic E-state index is 13.8. The number of aryl methyl sites for hydroxylation is 1. The molecule has 0 unspecified atom stereocenters. The van der Waals surface area contributed by atoms with Crippen LogP contribution in [0, 0.1) is 31.5 Å². The minimum Gasteiger partial charge on any atom is -0.338 e. The fourth-order valence-corrected chi connectivity index (χ4v) is 1.61. The monoisotopic (exact) mass is 287 g/mol. The Morgan fingerprint density at radius 2 is 2.24 bits per heavy atom. The van der Waals surface area contributed by atoms with Crippen molar-refractivity contribution in [1.29, 1.82) is 0 Å². The summed E-state index contributed by atoms with van der Waals surface area (Å²) in [5, 5.41) is 6.28. The van der Waals surface area contributed by atoms with E-state index in [0.717, 1.165) is 11.6 Å². The van der Waals surface area contributed by atoms with Gasteiger partial charge in [0.2, 0.25) is 5.88 Å². The lowest BCUT2D eigenvalue weighted by atomic mass is 10.1. The van der Waals surface area contributed by atoms with Gasteiger partial charge in [-0.05, 0) is 32.0 Å². The van der Waals surface area contributed by atoms with E-state index in [1.54, 1.807) is 13.8 Å². The number of nitrogens with one attached hydrogen (secondary N) is 1. The van der Waals surface area contributed by atoms with Crippen LogP contribution in [0.25, 0.3) is 0 Å². The van der Waals surface area contributed by atoms with Crippen LogP contribution in [-0.4, -0.2) is 17.6 Å². The molecule has 3 N–H and O–H groups in total. The van der Waals surface area contributed by atoms with E-state index < -0.39 is 11.7 Å². The Kier molecular flexibility index (Phi) is 4.36. The second-order valence-electron chi connectivity index (χ2n) is 4.38. The third-order valence-corrected chi connectivity index (χ3v) is 2.94. The number of halogens is 1. The highest BCUT2D eigenvalue weighted by Crippen LogP contribution is 2.19. The van der Waals surface area contributed by atoms with Gasteiger partial charge in [-0.25, -0.2) is 4.39 Å². The van der Waals surface area contributed by atoms with Gasteiger partial charge in [-0.3, -0.25) is 10.1 Å². The molecule has 108 valence electrons. The lowest BCUT2D eigenvalue weighted by Crippen LogP contribution is -2.12. The molecular weight excluding hydrogens is 273 g/mol. The predicted molar refractivity (Wildman–Crippen MR) is 76.3 cm³/mol. The van der Waals surface area contributed by atoms with Crippen LogP contribution in [0.15, 0.2) is 22.7 Å². The van der Waals surface area contributed by atoms with E-state index >= 15 is 0 Å². The van der Waals surface area contributed by atoms with Crippen LogP contribution in [0.1, 0.15) is 27.2 Å². The second kappa shape index (κ2) is 6.20. The lowest BCUT2D eigenvalue weighted by Gasteiger charge is -2.03. The summed E-state index contributed by atoms with van der Waals surface area (Å²) in [7, 11) is 0. The van der Waals surface area contributed by atoms with Gasteiger partial charge in [-0.1, -0.05) is 17.0 Å². The van der Waals surface area contributed by atoms with Crippen molar-refractivity contribution in [2.75, 3.05) is 11.9 Å². The molecule has 1 aromatic heterocycles. The summed E-state index contributed by atoms with van der Waals surface area (Å²) in [6, 6.07) is 4.04. The number of rotatable bonds is 2. The molecule has 1 amide bonds. The minimum absolute atomic E-state index is 0.145. The van der Waals surface area contributed by atoms with E-state index in [9.17, 15) is 9.18 Å². The number of nitrogens with two attached hydrogens (primary N) is 1. The van der Waals surface area contributed by atoms with Crippen LogP contribution < -0.4 is 11.1 Å². The molecule has 0 saturated heterocycles. The smallest absolute Gasteiger partial charge is 0.258 e. The Morgan fingerprint density at radius 3 is 2.81 bits per heavy atom. The highest BCUT2D eigenvalue weighted by atomic mass is 19.1. The third-order valence-electron chi connectivity index (χ3n) is 2.94. The number of amides is 1. The zero-order valence-corrected chi connectivity index (χ0v) is 11.7. The SMILES string of the molecule is Cc1noc(NC(=O)c2ccc(C#CCN)c(F)c2)c1C. The largest absolute Gasteiger partial charge is 0.338 e. The Morgan fingerprint density at radius 1 is 1.48 bits per heavy atom. The predicted octanol–water partition coefficient (Wildman–Crippen LogP) is 1.99. The van der Waals surface area contributed by atoms with Gasteiger partial charge in [0.1, 0.15) is 5.82 Å². The van der Waals surface area contributed by atoms with Crippen molar-refractivity contribution in [3.63, 3.8) is 0 Å². The maximum absolute atomic E-state index is 13.8. The quantitative estimate of drug-likeness (QED) is 0.828. The van der Waals surface area contributed by atoms with Crippen LogP contribution in [0.2, 0.25) is 0 Å². The standard InChI is InChI=1S/C15H14FN3O2/c1-9-10(2)19-21-15(9)18-14(20)12-6-5-11(4-3-7-17)13(16)8-12/h5-6,8H,7,17H2,1-2H3,(H,18,20). The summed E-state index contributed by atoms with van der Waals surface area (Å²) in [6.45, 7) is 3.68. The number of anilines is 1. The first-order valence-corrected chi connectivity index (χ1v) is 6.25. The average Bonchev–Trinajstić information content (AvgIpc) is 2.78. The van der Waals surface area contributed by atoms with Gasteiger partial charge in [0, 0.05) is 11.1 Å². The molecule has 0 aliphatic carbocycles. The van der Waals surface area contributed by atoms with E-state index in [0.29, 0.717) is 5.69 Å². The fraction of sp³-hybridized carbons (Fsp3) is 0.200. The minimum atomic E-state index is -0.575. The number of carbonyl (C=O) groups excluding carboxylic acids is 1. The molecule has 0 saturated carbocycles. The van der Waals surface area contributed by atoms with E-state index in [4.69, 9.17) is 10.3 Å². The zero-order valence-electron chi connectivity index (χ0n) is 11.7. The van der Waals surface area contributed by atoms with E-state index in [1.807, 2.05) is 0 Å². The van der Waals surface area contributed by atoms with Crippen LogP contribution in [0.3, 0.4) is 0 Å². The Bertz CT molecular complexity index is 741. The molecule has 0 aliphatic rings. The molecule has 5 nitrogen and oxygen atoms in total. The highest BCUT2D eigenvalue weighted by Gasteiger charge is 2.14. The number of aromatic nitrogens is 1. The third kappa shape index (κ3) is 3.27. The van der Waals surface area contributed by atoms with Crippen molar-refractivity contribution < 1.29 is 13.7 Å². The summed E-state index contributed by atoms with van der Waals surface area (Å²) in [5.74, 6) is 4.35. The van der Waals surface area contributed by atoms with Gasteiger partial charge in [0.15, 0.2) is 0 Å². The summed E-state index contributed by atoms with van der Waals surface area (Å²) in [4.78, 5) is 12.0. The molecule has 1 aromatic carbocycles. The van der Waals surface area contributed by atoms with Gasteiger partial charge in [0.25, 0.3) is 5.91 Å². The Hall–Kier alpha value is -2.65. The summed E-state index contributed by atoms with van der Waals surface area (Å²) in [5.41, 5.74) is 7.01. The van der Waals surface area contributed by atoms with Crippen LogP contribution in [0.4, 0.5) is 10.3 Å². The molecule has 0 radical (unpaired) electrons. The summed E-state index contributed by atoms with van der Waals surface area (Å²) < 4.78 is 18.8. The van der Waals surface area contributed by atoms with Gasteiger partial charge < -0.3 is 10.3 Å². The first kappa shape index (κ1) is 14.8.